The largest absolute Gasteiger partial charge is 0.451 e. The quantitative estimate of drug-likeness (QED) is 0.867. The number of amides is 1. The average molecular weight is 289 g/mol. The molecule has 2 aromatic rings. The van der Waals surface area contributed by atoms with Gasteiger partial charge in [-0.05, 0) is 24.6 Å². The highest BCUT2D eigenvalue weighted by atomic mass is 19.1. The molecule has 0 radical (unpaired) electrons. The SMILES string of the molecule is Cc1ccc(NC(=O)COC(=O)c2cnccn2)cc1F. The van der Waals surface area contributed by atoms with Gasteiger partial charge in [-0.15, -0.1) is 0 Å². The molecule has 1 N–H and O–H groups in total. The number of nitrogens with one attached hydrogen (secondary N) is 1. The predicted molar refractivity (Wildman–Crippen MR) is 72.1 cm³/mol. The highest BCUT2D eigenvalue weighted by Gasteiger charge is 2.11. The molecule has 21 heavy (non-hydrogen) atoms. The predicted octanol–water partition coefficient (Wildman–Crippen LogP) is 1.72. The molecular formula is C14H12FN3O3. The first-order chi connectivity index (χ1) is 10.1. The topological polar surface area (TPSA) is 81.2 Å². The van der Waals surface area contributed by atoms with E-state index in [9.17, 15) is 14.0 Å². The van der Waals surface area contributed by atoms with Gasteiger partial charge < -0.3 is 10.1 Å². The number of nitrogens with zero attached hydrogens (tertiary/aromatic N) is 2. The molecular weight excluding hydrogens is 277 g/mol. The average Bonchev–Trinajstić information content (AvgIpc) is 2.49. The standard InChI is InChI=1S/C14H12FN3O3/c1-9-2-3-10(6-11(9)15)18-13(19)8-21-14(20)12-7-16-4-5-17-12/h2-7H,8H2,1H3,(H,18,19). The summed E-state index contributed by atoms with van der Waals surface area (Å²) in [5.41, 5.74) is 0.771. The van der Waals surface area contributed by atoms with Crippen molar-refractivity contribution in [3.8, 4) is 0 Å². The summed E-state index contributed by atoms with van der Waals surface area (Å²) in [6, 6.07) is 4.29. The van der Waals surface area contributed by atoms with Crippen LogP contribution in [0.4, 0.5) is 10.1 Å². The first-order valence-electron chi connectivity index (χ1n) is 6.05. The third-order valence-electron chi connectivity index (χ3n) is 2.56. The fourth-order valence-corrected chi connectivity index (χ4v) is 1.48. The van der Waals surface area contributed by atoms with Crippen molar-refractivity contribution >= 4 is 17.6 Å². The van der Waals surface area contributed by atoms with E-state index in [4.69, 9.17) is 4.74 Å². The number of aromatic nitrogens is 2. The molecule has 0 aliphatic rings. The van der Waals surface area contributed by atoms with Crippen molar-refractivity contribution in [3.05, 3.63) is 53.9 Å². The Morgan fingerprint density at radius 3 is 2.81 bits per heavy atom. The van der Waals surface area contributed by atoms with Crippen molar-refractivity contribution in [2.24, 2.45) is 0 Å². The summed E-state index contributed by atoms with van der Waals surface area (Å²) in [7, 11) is 0. The summed E-state index contributed by atoms with van der Waals surface area (Å²) in [6.07, 6.45) is 3.98. The number of carbonyl (C=O) groups excluding carboxylic acids is 2. The molecule has 0 saturated carbocycles. The maximum atomic E-state index is 13.3. The van der Waals surface area contributed by atoms with Crippen LogP contribution in [-0.2, 0) is 9.53 Å². The minimum atomic E-state index is -0.756. The molecule has 1 aromatic heterocycles. The Balaban J connectivity index is 1.87. The van der Waals surface area contributed by atoms with Crippen LogP contribution >= 0.6 is 0 Å². The fraction of sp³-hybridized carbons (Fsp3) is 0.143. The minimum absolute atomic E-state index is 0.00619. The lowest BCUT2D eigenvalue weighted by Gasteiger charge is -2.07. The van der Waals surface area contributed by atoms with Crippen molar-refractivity contribution in [2.45, 2.75) is 6.92 Å². The van der Waals surface area contributed by atoms with Gasteiger partial charge in [0, 0.05) is 18.1 Å². The van der Waals surface area contributed by atoms with E-state index in [-0.39, 0.29) is 5.69 Å². The van der Waals surface area contributed by atoms with Crippen molar-refractivity contribution in [2.75, 3.05) is 11.9 Å². The number of anilines is 1. The number of halogens is 1. The number of esters is 1. The van der Waals surface area contributed by atoms with Gasteiger partial charge in [-0.1, -0.05) is 6.07 Å². The second-order valence-electron chi connectivity index (χ2n) is 4.18. The lowest BCUT2D eigenvalue weighted by Crippen LogP contribution is -2.21. The van der Waals surface area contributed by atoms with Crippen molar-refractivity contribution in [3.63, 3.8) is 0 Å². The molecule has 2 rings (SSSR count). The molecule has 0 spiro atoms. The van der Waals surface area contributed by atoms with Crippen LogP contribution < -0.4 is 5.32 Å². The van der Waals surface area contributed by atoms with E-state index >= 15 is 0 Å². The molecule has 7 heteroatoms. The molecule has 0 bridgehead atoms. The van der Waals surface area contributed by atoms with E-state index in [1.165, 1.54) is 30.7 Å². The Bertz CT molecular complexity index is 662. The zero-order valence-corrected chi connectivity index (χ0v) is 11.2. The third kappa shape index (κ3) is 4.07. The normalized spacial score (nSPS) is 10.0. The van der Waals surface area contributed by atoms with Gasteiger partial charge in [-0.25, -0.2) is 14.2 Å². The van der Waals surface area contributed by atoms with E-state index < -0.39 is 24.3 Å². The summed E-state index contributed by atoms with van der Waals surface area (Å²) in [5.74, 6) is -1.76. The van der Waals surface area contributed by atoms with Crippen LogP contribution in [0.3, 0.4) is 0 Å². The zero-order valence-electron chi connectivity index (χ0n) is 11.2. The van der Waals surface area contributed by atoms with Gasteiger partial charge in [0.05, 0.1) is 6.20 Å². The summed E-state index contributed by atoms with van der Waals surface area (Å²) in [4.78, 5) is 30.6. The van der Waals surface area contributed by atoms with Crippen molar-refractivity contribution in [1.82, 2.24) is 9.97 Å². The first kappa shape index (κ1) is 14.6. The van der Waals surface area contributed by atoms with Crippen LogP contribution in [0.1, 0.15) is 16.1 Å². The molecule has 0 fully saturated rings. The Labute approximate surface area is 120 Å². The van der Waals surface area contributed by atoms with E-state index in [1.807, 2.05) is 0 Å². The van der Waals surface area contributed by atoms with Gasteiger partial charge in [0.15, 0.2) is 12.3 Å². The summed E-state index contributed by atoms with van der Waals surface area (Å²) >= 11 is 0. The Hall–Kier alpha value is -2.83. The molecule has 0 aliphatic carbocycles. The number of hydrogen-bond donors (Lipinski definition) is 1. The maximum Gasteiger partial charge on any atom is 0.359 e. The van der Waals surface area contributed by atoms with Crippen LogP contribution in [0.25, 0.3) is 0 Å². The number of aryl methyl sites for hydroxylation is 1. The number of benzene rings is 1. The minimum Gasteiger partial charge on any atom is -0.451 e. The molecule has 0 saturated heterocycles. The second-order valence-corrected chi connectivity index (χ2v) is 4.18. The van der Waals surface area contributed by atoms with Gasteiger partial charge in [-0.2, -0.15) is 0 Å². The summed E-state index contributed by atoms with van der Waals surface area (Å²) in [6.45, 7) is 1.12. The third-order valence-corrected chi connectivity index (χ3v) is 2.56. The molecule has 1 amide bonds. The van der Waals surface area contributed by atoms with E-state index in [1.54, 1.807) is 13.0 Å². The lowest BCUT2D eigenvalue weighted by atomic mass is 10.2. The molecule has 108 valence electrons. The van der Waals surface area contributed by atoms with E-state index in [0.29, 0.717) is 11.3 Å². The number of rotatable bonds is 4. The molecule has 0 atom stereocenters. The van der Waals surface area contributed by atoms with Crippen LogP contribution in [-0.4, -0.2) is 28.5 Å². The smallest absolute Gasteiger partial charge is 0.359 e. The first-order valence-corrected chi connectivity index (χ1v) is 6.05. The van der Waals surface area contributed by atoms with Crippen LogP contribution in [0.15, 0.2) is 36.8 Å². The summed E-state index contributed by atoms with van der Waals surface area (Å²) < 4.78 is 18.1. The second kappa shape index (κ2) is 6.56. The molecule has 0 unspecified atom stereocenters. The highest BCUT2D eigenvalue weighted by Crippen LogP contribution is 2.13. The maximum absolute atomic E-state index is 13.3. The lowest BCUT2D eigenvalue weighted by molar-refractivity contribution is -0.119. The Morgan fingerprint density at radius 2 is 2.14 bits per heavy atom. The zero-order chi connectivity index (χ0) is 15.2. The Kier molecular flexibility index (Phi) is 4.55. The molecule has 0 aliphatic heterocycles. The van der Waals surface area contributed by atoms with Gasteiger partial charge >= 0.3 is 5.97 Å². The van der Waals surface area contributed by atoms with Crippen molar-refractivity contribution in [1.29, 1.82) is 0 Å². The van der Waals surface area contributed by atoms with Gasteiger partial charge in [0.25, 0.3) is 5.91 Å². The van der Waals surface area contributed by atoms with E-state index in [2.05, 4.69) is 15.3 Å². The number of hydrogen-bond acceptors (Lipinski definition) is 5. The van der Waals surface area contributed by atoms with Crippen LogP contribution in [0.2, 0.25) is 0 Å². The van der Waals surface area contributed by atoms with E-state index in [0.717, 1.165) is 0 Å². The molecule has 6 nitrogen and oxygen atoms in total. The monoisotopic (exact) mass is 289 g/mol. The summed E-state index contributed by atoms with van der Waals surface area (Å²) in [5, 5.41) is 2.42. The van der Waals surface area contributed by atoms with Gasteiger partial charge in [0.1, 0.15) is 5.82 Å². The van der Waals surface area contributed by atoms with Crippen LogP contribution in [0, 0.1) is 12.7 Å². The van der Waals surface area contributed by atoms with Crippen molar-refractivity contribution < 1.29 is 18.7 Å². The Morgan fingerprint density at radius 1 is 1.33 bits per heavy atom. The number of ether oxygens (including phenoxy) is 1. The number of carbonyl (C=O) groups is 2. The fourth-order valence-electron chi connectivity index (χ4n) is 1.48. The highest BCUT2D eigenvalue weighted by molar-refractivity contribution is 5.94. The van der Waals surface area contributed by atoms with Gasteiger partial charge in [-0.3, -0.25) is 9.78 Å². The molecule has 1 heterocycles. The van der Waals surface area contributed by atoms with Crippen LogP contribution in [0.5, 0.6) is 0 Å². The van der Waals surface area contributed by atoms with Gasteiger partial charge in [0.2, 0.25) is 0 Å². The molecule has 1 aromatic carbocycles.